The molecular weight excluding hydrogens is 330 g/mol. The minimum Gasteiger partial charge on any atom is -0.480 e. The molecule has 1 aromatic carbocycles. The minimum atomic E-state index is -1.01. The Morgan fingerprint density at radius 1 is 1.46 bits per heavy atom. The first-order valence-electron chi connectivity index (χ1n) is 7.34. The van der Waals surface area contributed by atoms with Crippen LogP contribution < -0.4 is 5.32 Å². The van der Waals surface area contributed by atoms with Crippen molar-refractivity contribution in [1.29, 1.82) is 0 Å². The molecular formula is C15H13N5O3S. The van der Waals surface area contributed by atoms with E-state index in [4.69, 9.17) is 5.11 Å². The smallest absolute Gasteiger partial charge is 0.325 e. The van der Waals surface area contributed by atoms with Crippen LogP contribution in [0.2, 0.25) is 0 Å². The number of amides is 1. The number of hydrogen-bond donors (Lipinski definition) is 2. The van der Waals surface area contributed by atoms with Crippen LogP contribution in [0.5, 0.6) is 0 Å². The van der Waals surface area contributed by atoms with Crippen LogP contribution in [-0.2, 0) is 16.1 Å². The Morgan fingerprint density at radius 3 is 3.08 bits per heavy atom. The van der Waals surface area contributed by atoms with Crippen molar-refractivity contribution in [3.63, 3.8) is 0 Å². The van der Waals surface area contributed by atoms with Gasteiger partial charge in [-0.05, 0) is 18.6 Å². The number of aromatic nitrogens is 4. The lowest BCUT2D eigenvalue weighted by molar-refractivity contribution is -0.137. The van der Waals surface area contributed by atoms with Gasteiger partial charge in [0.2, 0.25) is 5.91 Å². The molecule has 24 heavy (non-hydrogen) atoms. The van der Waals surface area contributed by atoms with E-state index in [0.29, 0.717) is 11.5 Å². The Kier molecular flexibility index (Phi) is 3.31. The molecule has 0 unspecified atom stereocenters. The fourth-order valence-corrected chi connectivity index (χ4v) is 3.79. The van der Waals surface area contributed by atoms with Crippen LogP contribution in [-0.4, -0.2) is 35.5 Å². The van der Waals surface area contributed by atoms with Gasteiger partial charge in [0.1, 0.15) is 23.4 Å². The number of carbonyl (C=O) groups is 2. The molecule has 0 radical (unpaired) electrons. The van der Waals surface area contributed by atoms with E-state index in [0.717, 1.165) is 33.9 Å². The second-order valence-corrected chi connectivity index (χ2v) is 6.21. The van der Waals surface area contributed by atoms with Gasteiger partial charge < -0.3 is 10.4 Å². The summed E-state index contributed by atoms with van der Waals surface area (Å²) < 4.78 is 9.93. The zero-order valence-electron chi connectivity index (χ0n) is 12.7. The zero-order valence-corrected chi connectivity index (χ0v) is 13.5. The van der Waals surface area contributed by atoms with Crippen LogP contribution in [0.3, 0.4) is 0 Å². The van der Waals surface area contributed by atoms with Crippen molar-refractivity contribution in [1.82, 2.24) is 18.5 Å². The van der Waals surface area contributed by atoms with Crippen LogP contribution in [0, 0.1) is 6.92 Å². The number of carboxylic acids is 1. The predicted octanol–water partition coefficient (Wildman–Crippen LogP) is 1.75. The van der Waals surface area contributed by atoms with E-state index in [1.54, 1.807) is 0 Å². The first-order chi connectivity index (χ1) is 11.5. The lowest BCUT2D eigenvalue weighted by Crippen LogP contribution is -2.26. The number of aliphatic carboxylic acids is 1. The van der Waals surface area contributed by atoms with Crippen LogP contribution in [0.25, 0.3) is 11.0 Å². The Labute approximate surface area is 140 Å². The largest absolute Gasteiger partial charge is 0.480 e. The molecule has 0 bridgehead atoms. The highest BCUT2D eigenvalue weighted by Crippen LogP contribution is 2.41. The summed E-state index contributed by atoms with van der Waals surface area (Å²) in [6.45, 7) is 1.52. The summed E-state index contributed by atoms with van der Waals surface area (Å²) in [4.78, 5) is 23.2. The maximum atomic E-state index is 12.2. The number of hydrogen-bond acceptors (Lipinski definition) is 6. The van der Waals surface area contributed by atoms with E-state index in [-0.39, 0.29) is 24.8 Å². The average molecular weight is 343 g/mol. The van der Waals surface area contributed by atoms with E-state index in [1.165, 1.54) is 4.68 Å². The SMILES string of the molecule is Cc1nn(CC(=O)O)c2c1[C@@H](c1cccc3nsnc13)CC(=O)N2. The van der Waals surface area contributed by atoms with E-state index in [9.17, 15) is 9.59 Å². The van der Waals surface area contributed by atoms with Gasteiger partial charge in [-0.2, -0.15) is 13.8 Å². The number of anilines is 1. The molecule has 2 N–H and O–H groups in total. The number of rotatable bonds is 3. The van der Waals surface area contributed by atoms with Crippen molar-refractivity contribution in [3.8, 4) is 0 Å². The minimum absolute atomic E-state index is 0.167. The van der Waals surface area contributed by atoms with Gasteiger partial charge in [-0.1, -0.05) is 12.1 Å². The van der Waals surface area contributed by atoms with Crippen molar-refractivity contribution in [3.05, 3.63) is 35.0 Å². The van der Waals surface area contributed by atoms with Crippen molar-refractivity contribution >= 4 is 40.5 Å². The summed E-state index contributed by atoms with van der Waals surface area (Å²) in [5.74, 6) is -0.943. The monoisotopic (exact) mass is 343 g/mol. The van der Waals surface area contributed by atoms with Gasteiger partial charge in [0.15, 0.2) is 0 Å². The zero-order chi connectivity index (χ0) is 16.8. The first kappa shape index (κ1) is 14.8. The lowest BCUT2D eigenvalue weighted by Gasteiger charge is -2.24. The normalized spacial score (nSPS) is 16.9. The summed E-state index contributed by atoms with van der Waals surface area (Å²) >= 11 is 1.13. The summed E-state index contributed by atoms with van der Waals surface area (Å²) in [7, 11) is 0. The summed E-state index contributed by atoms with van der Waals surface area (Å²) in [5, 5.41) is 16.1. The van der Waals surface area contributed by atoms with Gasteiger partial charge in [-0.25, -0.2) is 4.68 Å². The summed E-state index contributed by atoms with van der Waals surface area (Å²) in [5.41, 5.74) is 4.03. The average Bonchev–Trinajstić information content (AvgIpc) is 3.11. The quantitative estimate of drug-likeness (QED) is 0.750. The highest BCUT2D eigenvalue weighted by Gasteiger charge is 2.33. The molecule has 2 aromatic heterocycles. The lowest BCUT2D eigenvalue weighted by atomic mass is 9.85. The van der Waals surface area contributed by atoms with Crippen LogP contribution in [0.1, 0.15) is 29.2 Å². The molecule has 0 saturated heterocycles. The Hall–Kier alpha value is -2.81. The van der Waals surface area contributed by atoms with Crippen LogP contribution in [0.4, 0.5) is 5.82 Å². The topological polar surface area (TPSA) is 110 Å². The molecule has 0 aliphatic carbocycles. The number of carboxylic acid groups (broad SMARTS) is 1. The van der Waals surface area contributed by atoms with Crippen molar-refractivity contribution in [2.75, 3.05) is 5.32 Å². The molecule has 4 rings (SSSR count). The molecule has 9 heteroatoms. The molecule has 0 saturated carbocycles. The number of aryl methyl sites for hydroxylation is 1. The third-order valence-corrected chi connectivity index (χ3v) is 4.69. The Balaban J connectivity index is 1.90. The van der Waals surface area contributed by atoms with Crippen LogP contribution in [0.15, 0.2) is 18.2 Å². The van der Waals surface area contributed by atoms with E-state index >= 15 is 0 Å². The predicted molar refractivity (Wildman–Crippen MR) is 87.1 cm³/mol. The summed E-state index contributed by atoms with van der Waals surface area (Å²) in [6.07, 6.45) is 0.267. The summed E-state index contributed by atoms with van der Waals surface area (Å²) in [6, 6.07) is 5.71. The molecule has 1 amide bonds. The fourth-order valence-electron chi connectivity index (χ4n) is 3.23. The molecule has 122 valence electrons. The van der Waals surface area contributed by atoms with Gasteiger partial charge in [0.05, 0.1) is 17.4 Å². The molecule has 0 fully saturated rings. The number of nitrogens with one attached hydrogen (secondary N) is 1. The highest BCUT2D eigenvalue weighted by molar-refractivity contribution is 7.00. The molecule has 1 aliphatic rings. The molecule has 8 nitrogen and oxygen atoms in total. The Bertz CT molecular complexity index is 977. The Morgan fingerprint density at radius 2 is 2.29 bits per heavy atom. The van der Waals surface area contributed by atoms with E-state index < -0.39 is 5.97 Å². The van der Waals surface area contributed by atoms with Crippen molar-refractivity contribution in [2.24, 2.45) is 0 Å². The molecule has 1 atom stereocenters. The van der Waals surface area contributed by atoms with Gasteiger partial charge >= 0.3 is 5.97 Å². The maximum absolute atomic E-state index is 12.2. The third-order valence-electron chi connectivity index (χ3n) is 4.15. The number of benzene rings is 1. The molecule has 3 heterocycles. The van der Waals surface area contributed by atoms with Crippen molar-refractivity contribution in [2.45, 2.75) is 25.8 Å². The van der Waals surface area contributed by atoms with Crippen molar-refractivity contribution < 1.29 is 14.7 Å². The third kappa shape index (κ3) is 2.24. The molecule has 1 aliphatic heterocycles. The standard InChI is InChI=1S/C15H13N5O3S/c1-7-13-9(8-3-2-4-10-14(8)19-24-18-10)5-11(21)16-15(13)20(17-7)6-12(22)23/h2-4,9H,5-6H2,1H3,(H,16,21)(H,22,23)/t9-/m1/s1. The maximum Gasteiger partial charge on any atom is 0.325 e. The van der Waals surface area contributed by atoms with Gasteiger partial charge in [0, 0.05) is 17.9 Å². The van der Waals surface area contributed by atoms with E-state index in [1.807, 2.05) is 25.1 Å². The van der Waals surface area contributed by atoms with Gasteiger partial charge in [-0.3, -0.25) is 9.59 Å². The second kappa shape index (κ2) is 5.38. The number of carbonyl (C=O) groups excluding carboxylic acids is 1. The molecule has 3 aromatic rings. The van der Waals surface area contributed by atoms with Crippen LogP contribution >= 0.6 is 11.7 Å². The van der Waals surface area contributed by atoms with Gasteiger partial charge in [-0.15, -0.1) is 0 Å². The second-order valence-electron chi connectivity index (χ2n) is 5.68. The first-order valence-corrected chi connectivity index (χ1v) is 8.07. The van der Waals surface area contributed by atoms with E-state index in [2.05, 4.69) is 19.2 Å². The number of fused-ring (bicyclic) bond motifs is 2. The fraction of sp³-hybridized carbons (Fsp3) is 0.267. The van der Waals surface area contributed by atoms with Gasteiger partial charge in [0.25, 0.3) is 0 Å². The number of nitrogens with zero attached hydrogens (tertiary/aromatic N) is 4. The highest BCUT2D eigenvalue weighted by atomic mass is 32.1. The molecule has 0 spiro atoms.